The number of β-amino-alcohol motifs (C(OH)–C–C–N with tert-alkyl or cyclic N) is 1. The van der Waals surface area contributed by atoms with E-state index in [1.54, 1.807) is 19.2 Å². The van der Waals surface area contributed by atoms with Crippen LogP contribution in [0.1, 0.15) is 87.2 Å². The number of rotatable bonds is 24. The summed E-state index contributed by atoms with van der Waals surface area (Å²) >= 11 is -0.0820. The van der Waals surface area contributed by atoms with Crippen LogP contribution in [0.2, 0.25) is 0 Å². The van der Waals surface area contributed by atoms with E-state index < -0.39 is 183 Å². The van der Waals surface area contributed by atoms with Crippen LogP contribution in [0.5, 0.6) is 17.2 Å². The molecule has 94 heavy (non-hydrogen) atoms. The van der Waals surface area contributed by atoms with Crippen LogP contribution in [0, 0.1) is 5.92 Å². The summed E-state index contributed by atoms with van der Waals surface area (Å²) in [6, 6.07) is 5.09. The molecule has 3 aromatic carbocycles. The van der Waals surface area contributed by atoms with Crippen molar-refractivity contribution in [3.8, 4) is 17.2 Å². The van der Waals surface area contributed by atoms with Crippen LogP contribution in [-0.4, -0.2) is 237 Å². The SMILES string of the molecule is COCCCCCCCOc1ccc(N2CCN(c3ccc(C(=O)N[C@H]4CC(O)CNC(=O)C5C(O)C(C)CN5C(=O)C(C(O)CC(N)=O)NC(=O)C(C(O)C(O)c5ccc(O)c(OSOO[O-])c5)NC(=O)C5CC(O)CN5C(=O)C(C(C)O)NC4=O)cc3)CC2)cc1.[Na+]. The summed E-state index contributed by atoms with van der Waals surface area (Å²) in [4.78, 5) is 120. The fourth-order valence-corrected chi connectivity index (χ4v) is 11.8. The second-order valence-corrected chi connectivity index (χ2v) is 23.9. The van der Waals surface area contributed by atoms with Crippen LogP contribution in [0.25, 0.3) is 0 Å². The molecule has 13 unspecified atom stereocenters. The smallest absolute Gasteiger partial charge is 0.691 e. The maximum atomic E-state index is 14.7. The van der Waals surface area contributed by atoms with E-state index in [-0.39, 0.29) is 53.0 Å². The number of fused-ring (bicyclic) bond motifs is 2. The number of ether oxygens (including phenoxy) is 2. The molecule has 0 bridgehead atoms. The number of aliphatic hydroxyl groups excluding tert-OH is 7. The summed E-state index contributed by atoms with van der Waals surface area (Å²) in [6.45, 7) is 4.77. The average Bonchev–Trinajstić information content (AvgIpc) is 1.56. The Bertz CT molecular complexity index is 3030. The molecule has 0 aromatic heterocycles. The molecule has 4 aliphatic heterocycles. The Kier molecular flexibility index (Phi) is 29.6. The summed E-state index contributed by atoms with van der Waals surface area (Å²) in [6.07, 6.45) is -10.7. The Morgan fingerprint density at radius 2 is 1.33 bits per heavy atom. The number of primary amides is 1. The number of hydrogen-bond donors (Lipinski definition) is 14. The molecular formula is C60H83N10NaO22S. The third-order valence-electron chi connectivity index (χ3n) is 16.7. The van der Waals surface area contributed by atoms with Crippen molar-refractivity contribution in [3.63, 3.8) is 0 Å². The zero-order valence-corrected chi connectivity index (χ0v) is 55.3. The third kappa shape index (κ3) is 20.4. The van der Waals surface area contributed by atoms with Crippen molar-refractivity contribution in [3.05, 3.63) is 77.9 Å². The molecule has 4 fully saturated rings. The normalized spacial score (nSPS) is 25.6. The molecule has 4 heterocycles. The first kappa shape index (κ1) is 76.3. The van der Waals surface area contributed by atoms with Gasteiger partial charge in [-0.05, 0) is 86.0 Å². The number of carbonyl (C=O) groups excluding carboxylic acids is 8. The number of piperazine rings is 1. The number of anilines is 2. The van der Waals surface area contributed by atoms with E-state index in [0.717, 1.165) is 90.8 Å². The number of carbonyl (C=O) groups is 8. The van der Waals surface area contributed by atoms with Crippen LogP contribution in [0.4, 0.5) is 11.4 Å². The second-order valence-electron chi connectivity index (χ2n) is 23.5. The van der Waals surface area contributed by atoms with Gasteiger partial charge in [0.05, 0.1) is 43.5 Å². The van der Waals surface area contributed by atoms with Gasteiger partial charge >= 0.3 is 29.6 Å². The van der Waals surface area contributed by atoms with E-state index in [1.807, 2.05) is 24.3 Å². The molecule has 32 nitrogen and oxygen atoms in total. The maximum absolute atomic E-state index is 14.7. The van der Waals surface area contributed by atoms with Gasteiger partial charge in [-0.15, -0.1) is 4.33 Å². The fourth-order valence-electron chi connectivity index (χ4n) is 11.5. The number of benzene rings is 3. The molecular weight excluding hydrogens is 1270 g/mol. The standard InChI is InChI=1S/C60H84N10O22S.Na/c1-32-30-70-50(51(32)77)58(84)62-29-38(72)26-41(63-54(80)34-9-12-36(13-10-34)67-19-21-68(22-20-67)37-14-16-40(17-15-37)89-24-8-6-4-5-7-23-88-3)55(81)64-47(33(2)71)59(85)69-31-39(73)27-42(69)56(82)66-49(57(83)65-48(60(70)86)44(75)28-46(61)76)53(79)52(78)35-11-18-43(74)45(25-35)90-93-92-91-87;/h9-18,25,32-33,38-39,41-42,44,47-53,71-75,77-79,87H,4-8,19-24,26-31H2,1-3H3,(H2,61,76)(H,62,84)(H,63,80)(H,64,81)(H,65,83)(H,66,82);/q;+1/p-1/t32?,33?,38?,39?,41-,42?,44?,47?,48?,49?,50?,51?,52?,53?;/m0./s1. The number of nitrogens with one attached hydrogen (secondary N) is 5. The molecule has 14 atom stereocenters. The summed E-state index contributed by atoms with van der Waals surface area (Å²) in [5.41, 5.74) is 6.91. The molecule has 34 heteroatoms. The number of phenols is 1. The number of nitrogens with zero attached hydrogens (tertiary/aromatic N) is 4. The Morgan fingerprint density at radius 3 is 1.95 bits per heavy atom. The molecule has 8 amide bonds. The van der Waals surface area contributed by atoms with Gasteiger partial charge < -0.3 is 112 Å². The van der Waals surface area contributed by atoms with Crippen molar-refractivity contribution in [2.45, 2.75) is 144 Å². The maximum Gasteiger partial charge on any atom is 1.00 e. The molecule has 512 valence electrons. The van der Waals surface area contributed by atoms with Crippen molar-refractivity contribution < 1.29 is 137 Å². The first-order valence-electron chi connectivity index (χ1n) is 30.5. The first-order chi connectivity index (χ1) is 44.4. The van der Waals surface area contributed by atoms with Gasteiger partial charge in [-0.1, -0.05) is 32.3 Å². The predicted molar refractivity (Wildman–Crippen MR) is 326 cm³/mol. The first-order valence-corrected chi connectivity index (χ1v) is 31.2. The quantitative estimate of drug-likeness (QED) is 0.0130. The summed E-state index contributed by atoms with van der Waals surface area (Å²) < 4.78 is 20.1. The van der Waals surface area contributed by atoms with Crippen molar-refractivity contribution >= 4 is 71.0 Å². The molecule has 15 N–H and O–H groups in total. The molecule has 0 spiro atoms. The molecule has 7 rings (SSSR count). The molecule has 0 aliphatic carbocycles. The Morgan fingerprint density at radius 1 is 0.734 bits per heavy atom. The number of hydrogen-bond acceptors (Lipinski definition) is 25. The van der Waals surface area contributed by atoms with E-state index in [4.69, 9.17) is 19.4 Å². The van der Waals surface area contributed by atoms with Crippen LogP contribution in [-0.2, 0) is 47.7 Å². The number of unbranched alkanes of at least 4 members (excludes halogenated alkanes) is 4. The number of aromatic hydroxyl groups is 1. The van der Waals surface area contributed by atoms with Gasteiger partial charge in [-0.2, -0.15) is 0 Å². The third-order valence-corrected chi connectivity index (χ3v) is 17.0. The number of amides is 8. The molecule has 4 saturated heterocycles. The second kappa shape index (κ2) is 36.4. The minimum Gasteiger partial charge on any atom is -0.691 e. The Hall–Kier alpha value is -6.67. The van der Waals surface area contributed by atoms with E-state index >= 15 is 0 Å². The van der Waals surface area contributed by atoms with Crippen molar-refractivity contribution in [1.82, 2.24) is 36.4 Å². The molecule has 0 saturated carbocycles. The van der Waals surface area contributed by atoms with Gasteiger partial charge in [0.25, 0.3) is 18.2 Å². The topological polar surface area (TPSA) is 467 Å². The number of nitrogens with two attached hydrogens (primary N) is 1. The summed E-state index contributed by atoms with van der Waals surface area (Å²) in [7, 11) is 1.70. The van der Waals surface area contributed by atoms with E-state index in [2.05, 4.69) is 45.8 Å². The largest absolute Gasteiger partial charge is 1.00 e. The van der Waals surface area contributed by atoms with Gasteiger partial charge in [0.1, 0.15) is 54.2 Å². The predicted octanol–water partition coefficient (Wildman–Crippen LogP) is -6.82. The summed E-state index contributed by atoms with van der Waals surface area (Å²) in [5.74, 6) is -11.1. The fraction of sp³-hybridized carbons (Fsp3) is 0.567. The average molecular weight is 1350 g/mol. The minimum absolute atomic E-state index is 0. The van der Waals surface area contributed by atoms with Gasteiger partial charge in [0.15, 0.2) is 11.5 Å². The zero-order chi connectivity index (χ0) is 67.6. The van der Waals surface area contributed by atoms with Crippen molar-refractivity contribution in [1.29, 1.82) is 0 Å². The molecule has 4 aliphatic rings. The molecule has 0 radical (unpaired) electrons. The van der Waals surface area contributed by atoms with Crippen LogP contribution < -0.4 is 85.9 Å². The van der Waals surface area contributed by atoms with Gasteiger partial charge in [0, 0.05) is 95.2 Å². The Labute approximate surface area is 568 Å². The van der Waals surface area contributed by atoms with Gasteiger partial charge in [0.2, 0.25) is 41.4 Å². The monoisotopic (exact) mass is 1350 g/mol. The number of methoxy groups -OCH3 is 1. The Balaban J connectivity index is 0.0000140. The van der Waals surface area contributed by atoms with E-state index in [9.17, 15) is 84.5 Å². The van der Waals surface area contributed by atoms with Crippen LogP contribution >= 0.6 is 12.3 Å². The van der Waals surface area contributed by atoms with E-state index in [0.29, 0.717) is 32.8 Å². The van der Waals surface area contributed by atoms with Crippen LogP contribution in [0.3, 0.4) is 0 Å². The van der Waals surface area contributed by atoms with Crippen LogP contribution in [0.15, 0.2) is 66.7 Å². The molecule has 3 aromatic rings. The summed E-state index contributed by atoms with van der Waals surface area (Å²) in [5, 5.41) is 116. The zero-order valence-electron chi connectivity index (χ0n) is 52.5. The number of aliphatic hydroxyl groups is 7. The number of phenolic OH excluding ortho intramolecular Hbond substituents is 1. The van der Waals surface area contributed by atoms with E-state index in [1.165, 1.54) is 19.1 Å². The van der Waals surface area contributed by atoms with Gasteiger partial charge in [-0.25, -0.2) is 0 Å². The van der Waals surface area contributed by atoms with Crippen molar-refractivity contribution in [2.75, 3.05) is 75.9 Å². The minimum atomic E-state index is -2.53. The van der Waals surface area contributed by atoms with Crippen molar-refractivity contribution in [2.24, 2.45) is 11.7 Å². The van der Waals surface area contributed by atoms with Gasteiger partial charge in [-0.3, -0.25) is 43.4 Å².